The Hall–Kier alpha value is -1.20. The Morgan fingerprint density at radius 1 is 1.42 bits per heavy atom. The van der Waals surface area contributed by atoms with Crippen LogP contribution in [0.5, 0.6) is 0 Å². The van der Waals surface area contributed by atoms with Gasteiger partial charge in [0.15, 0.2) is 5.11 Å². The summed E-state index contributed by atoms with van der Waals surface area (Å²) in [7, 11) is 0. The summed E-state index contributed by atoms with van der Waals surface area (Å²) in [5.41, 5.74) is 7.35. The zero-order chi connectivity index (χ0) is 13.7. The van der Waals surface area contributed by atoms with E-state index in [1.54, 1.807) is 6.20 Å². The molecular weight excluding hydrogens is 256 g/mol. The Morgan fingerprint density at radius 2 is 2.16 bits per heavy atom. The van der Waals surface area contributed by atoms with E-state index in [1.165, 1.54) is 12.8 Å². The van der Waals surface area contributed by atoms with Gasteiger partial charge >= 0.3 is 0 Å². The van der Waals surface area contributed by atoms with Crippen LogP contribution in [0.3, 0.4) is 0 Å². The number of hydrazine groups is 1. The maximum absolute atomic E-state index is 5.41. The molecule has 0 aliphatic carbocycles. The molecule has 4 nitrogen and oxygen atoms in total. The summed E-state index contributed by atoms with van der Waals surface area (Å²) in [6.45, 7) is 6.46. The van der Waals surface area contributed by atoms with Crippen molar-refractivity contribution >= 4 is 17.3 Å². The predicted molar refractivity (Wildman–Crippen MR) is 81.5 cm³/mol. The molecule has 0 amide bonds. The van der Waals surface area contributed by atoms with Crippen molar-refractivity contribution in [3.05, 3.63) is 30.1 Å². The van der Waals surface area contributed by atoms with Crippen LogP contribution in [0.15, 0.2) is 24.4 Å². The van der Waals surface area contributed by atoms with Gasteiger partial charge in [-0.2, -0.15) is 0 Å². The minimum absolute atomic E-state index is 0.128. The maximum atomic E-state index is 5.41. The van der Waals surface area contributed by atoms with Gasteiger partial charge < -0.3 is 4.90 Å². The lowest BCUT2D eigenvalue weighted by Gasteiger charge is -2.32. The molecule has 1 aromatic heterocycles. The van der Waals surface area contributed by atoms with E-state index in [1.807, 2.05) is 18.2 Å². The van der Waals surface area contributed by atoms with Crippen LogP contribution in [0.4, 0.5) is 0 Å². The van der Waals surface area contributed by atoms with E-state index in [2.05, 4.69) is 34.6 Å². The van der Waals surface area contributed by atoms with Crippen LogP contribution < -0.4 is 10.9 Å². The summed E-state index contributed by atoms with van der Waals surface area (Å²) in [5, 5.41) is 0.787. The number of hydrogen-bond acceptors (Lipinski definition) is 3. The van der Waals surface area contributed by atoms with Crippen LogP contribution in [-0.4, -0.2) is 28.1 Å². The lowest BCUT2D eigenvalue weighted by atomic mass is 10.00. The molecule has 0 spiro atoms. The highest BCUT2D eigenvalue weighted by molar-refractivity contribution is 7.80. The summed E-state index contributed by atoms with van der Waals surface area (Å²) in [6, 6.07) is 6.04. The maximum Gasteiger partial charge on any atom is 0.183 e. The minimum Gasteiger partial charge on any atom is -0.348 e. The topological polar surface area (TPSA) is 40.2 Å². The average molecular weight is 278 g/mol. The van der Waals surface area contributed by atoms with Crippen molar-refractivity contribution in [2.75, 3.05) is 13.1 Å². The molecule has 1 atom stereocenters. The molecular formula is C14H22N4S. The van der Waals surface area contributed by atoms with Crippen LogP contribution in [0.2, 0.25) is 0 Å². The second-order valence-electron chi connectivity index (χ2n) is 5.22. The number of thiocarbonyl (C=S) groups is 1. The fourth-order valence-corrected chi connectivity index (χ4v) is 2.41. The van der Waals surface area contributed by atoms with E-state index in [4.69, 9.17) is 12.2 Å². The highest BCUT2D eigenvalue weighted by Gasteiger charge is 2.18. The molecule has 2 N–H and O–H groups in total. The Balaban J connectivity index is 1.77. The zero-order valence-corrected chi connectivity index (χ0v) is 12.4. The van der Waals surface area contributed by atoms with Gasteiger partial charge in [-0.1, -0.05) is 13.0 Å². The third kappa shape index (κ3) is 4.14. The molecule has 1 saturated heterocycles. The van der Waals surface area contributed by atoms with Gasteiger partial charge in [0.05, 0.1) is 11.7 Å². The van der Waals surface area contributed by atoms with Crippen molar-refractivity contribution in [2.24, 2.45) is 5.92 Å². The second-order valence-corrected chi connectivity index (χ2v) is 5.61. The Kier molecular flexibility index (Phi) is 5.10. The molecule has 1 aromatic rings. The molecule has 0 saturated carbocycles. The molecule has 1 aliphatic rings. The molecule has 1 aliphatic heterocycles. The van der Waals surface area contributed by atoms with E-state index in [-0.39, 0.29) is 6.04 Å². The van der Waals surface area contributed by atoms with Crippen LogP contribution in [0.1, 0.15) is 38.4 Å². The quantitative estimate of drug-likeness (QED) is 0.655. The number of piperidine rings is 1. The second kappa shape index (κ2) is 6.82. The highest BCUT2D eigenvalue weighted by Crippen LogP contribution is 2.15. The number of rotatable bonds is 3. The summed E-state index contributed by atoms with van der Waals surface area (Å²) in [6.07, 6.45) is 4.24. The van der Waals surface area contributed by atoms with E-state index in [0.717, 1.165) is 29.8 Å². The Labute approximate surface area is 120 Å². The van der Waals surface area contributed by atoms with Gasteiger partial charge in [0.1, 0.15) is 0 Å². The van der Waals surface area contributed by atoms with E-state index < -0.39 is 0 Å². The SMILES string of the molecule is CC1CCN(C(=S)NN[C@@H](C)c2ccccn2)CC1. The van der Waals surface area contributed by atoms with Crippen molar-refractivity contribution in [2.45, 2.75) is 32.7 Å². The predicted octanol–water partition coefficient (Wildman–Crippen LogP) is 2.25. The molecule has 1 fully saturated rings. The first-order valence-electron chi connectivity index (χ1n) is 6.88. The number of nitrogens with one attached hydrogen (secondary N) is 2. The third-order valence-corrected chi connectivity index (χ3v) is 3.96. The van der Waals surface area contributed by atoms with Crippen molar-refractivity contribution in [1.29, 1.82) is 0 Å². The van der Waals surface area contributed by atoms with Crippen LogP contribution in [0.25, 0.3) is 0 Å². The lowest BCUT2D eigenvalue weighted by molar-refractivity contribution is 0.274. The van der Waals surface area contributed by atoms with Gasteiger partial charge in [0.25, 0.3) is 0 Å². The molecule has 0 bridgehead atoms. The average Bonchev–Trinajstić information content (AvgIpc) is 2.46. The third-order valence-electron chi connectivity index (χ3n) is 3.60. The number of aromatic nitrogens is 1. The van der Waals surface area contributed by atoms with Crippen LogP contribution in [0, 0.1) is 5.92 Å². The monoisotopic (exact) mass is 278 g/mol. The molecule has 2 heterocycles. The molecule has 104 valence electrons. The van der Waals surface area contributed by atoms with Gasteiger partial charge in [0, 0.05) is 19.3 Å². The number of nitrogens with zero attached hydrogens (tertiary/aromatic N) is 2. The molecule has 0 radical (unpaired) electrons. The molecule has 2 rings (SSSR count). The zero-order valence-electron chi connectivity index (χ0n) is 11.6. The van der Waals surface area contributed by atoms with Crippen molar-refractivity contribution < 1.29 is 0 Å². The van der Waals surface area contributed by atoms with Crippen LogP contribution >= 0.6 is 12.2 Å². The summed E-state index contributed by atoms with van der Waals surface area (Å²) >= 11 is 5.41. The summed E-state index contributed by atoms with van der Waals surface area (Å²) < 4.78 is 0. The number of hydrogen-bond donors (Lipinski definition) is 2. The standard InChI is InChI=1S/C14H22N4S/c1-11-6-9-18(10-7-11)14(19)17-16-12(2)13-5-3-4-8-15-13/h3-5,8,11-12,16H,6-7,9-10H2,1-2H3,(H,17,19)/t12-/m0/s1. The molecule has 19 heavy (non-hydrogen) atoms. The van der Waals surface area contributed by atoms with E-state index >= 15 is 0 Å². The lowest BCUT2D eigenvalue weighted by Crippen LogP contribution is -2.49. The van der Waals surface area contributed by atoms with Gasteiger partial charge in [0.2, 0.25) is 0 Å². The largest absolute Gasteiger partial charge is 0.348 e. The summed E-state index contributed by atoms with van der Waals surface area (Å²) in [4.78, 5) is 6.55. The summed E-state index contributed by atoms with van der Waals surface area (Å²) in [5.74, 6) is 0.819. The van der Waals surface area contributed by atoms with E-state index in [9.17, 15) is 0 Å². The first-order valence-corrected chi connectivity index (χ1v) is 7.29. The fourth-order valence-electron chi connectivity index (χ4n) is 2.17. The molecule has 0 aromatic carbocycles. The minimum atomic E-state index is 0.128. The fraction of sp³-hybridized carbons (Fsp3) is 0.571. The first kappa shape index (κ1) is 14.2. The van der Waals surface area contributed by atoms with Crippen LogP contribution in [-0.2, 0) is 0 Å². The Bertz CT molecular complexity index is 401. The van der Waals surface area contributed by atoms with Gasteiger partial charge in [-0.15, -0.1) is 0 Å². The molecule has 0 unspecified atom stereocenters. The number of pyridine rings is 1. The van der Waals surface area contributed by atoms with Gasteiger partial charge in [-0.25, -0.2) is 5.43 Å². The number of likely N-dealkylation sites (tertiary alicyclic amines) is 1. The van der Waals surface area contributed by atoms with Crippen molar-refractivity contribution in [3.63, 3.8) is 0 Å². The molecule has 5 heteroatoms. The smallest absolute Gasteiger partial charge is 0.183 e. The van der Waals surface area contributed by atoms with Gasteiger partial charge in [-0.3, -0.25) is 10.4 Å². The Morgan fingerprint density at radius 3 is 2.79 bits per heavy atom. The van der Waals surface area contributed by atoms with Crippen molar-refractivity contribution in [3.8, 4) is 0 Å². The van der Waals surface area contributed by atoms with Crippen molar-refractivity contribution in [1.82, 2.24) is 20.7 Å². The van der Waals surface area contributed by atoms with Gasteiger partial charge in [-0.05, 0) is 50.0 Å². The normalized spacial score (nSPS) is 18.1. The van der Waals surface area contributed by atoms with E-state index in [0.29, 0.717) is 0 Å². The highest BCUT2D eigenvalue weighted by atomic mass is 32.1. The first-order chi connectivity index (χ1) is 9.16.